The smallest absolute Gasteiger partial charge is 0.223 e. The molecule has 4 nitrogen and oxygen atoms in total. The van der Waals surface area contributed by atoms with Crippen LogP contribution >= 0.6 is 0 Å². The fraction of sp³-hybridized carbons (Fsp3) is 0.310. The number of benzene rings is 3. The summed E-state index contributed by atoms with van der Waals surface area (Å²) in [5, 5.41) is 0. The molecule has 0 saturated heterocycles. The third-order valence-corrected chi connectivity index (χ3v) is 5.21. The van der Waals surface area contributed by atoms with Crippen LogP contribution in [0, 0.1) is 0 Å². The van der Waals surface area contributed by atoms with Crippen LogP contribution < -0.4 is 0 Å². The van der Waals surface area contributed by atoms with Crippen LogP contribution in [0.25, 0.3) is 0 Å². The van der Waals surface area contributed by atoms with Crippen molar-refractivity contribution in [2.75, 3.05) is 0 Å². The molecule has 3 aromatic rings. The van der Waals surface area contributed by atoms with E-state index in [1.165, 1.54) is 0 Å². The average Bonchev–Trinajstić information content (AvgIpc) is 2.89. The minimum atomic E-state index is -0.813. The molecule has 3 aromatic carbocycles. The summed E-state index contributed by atoms with van der Waals surface area (Å²) < 4.78 is 11.4. The molecule has 0 amide bonds. The number of carbonyl (C=O) groups excluding carboxylic acids is 2. The van der Waals surface area contributed by atoms with Crippen LogP contribution in [-0.2, 0) is 9.47 Å². The highest BCUT2D eigenvalue weighted by atomic mass is 16.7. The van der Waals surface area contributed by atoms with Gasteiger partial charge in [0.2, 0.25) is 12.1 Å². The van der Waals surface area contributed by atoms with Crippen molar-refractivity contribution in [3.8, 4) is 0 Å². The molecule has 174 valence electrons. The average molecular weight is 447 g/mol. The summed E-state index contributed by atoms with van der Waals surface area (Å²) in [6.07, 6.45) is 0.890. The zero-order chi connectivity index (χ0) is 24.1. The number of carbonyl (C=O) groups is 2. The summed E-state index contributed by atoms with van der Waals surface area (Å²) in [5.41, 5.74) is 2.09. The topological polar surface area (TPSA) is 52.6 Å². The van der Waals surface area contributed by atoms with Gasteiger partial charge in [-0.05, 0) is 26.7 Å². The van der Waals surface area contributed by atoms with Crippen molar-refractivity contribution in [2.45, 2.75) is 59.0 Å². The molecule has 0 fully saturated rings. The first-order chi connectivity index (χ1) is 16.0. The SMILES string of the molecule is CCC(C)OC(OC(C)CC)C(=O)c1ccccc1.O=C(c1ccccc1)c1ccccc1. The Hall–Kier alpha value is -3.08. The highest BCUT2D eigenvalue weighted by Gasteiger charge is 2.25. The predicted octanol–water partition coefficient (Wildman–Crippen LogP) is 6.74. The largest absolute Gasteiger partial charge is 0.343 e. The van der Waals surface area contributed by atoms with Gasteiger partial charge in [0, 0.05) is 16.7 Å². The van der Waals surface area contributed by atoms with E-state index in [1.807, 2.05) is 107 Å². The number of ketones is 2. The van der Waals surface area contributed by atoms with Crippen LogP contribution in [0.3, 0.4) is 0 Å². The lowest BCUT2D eigenvalue weighted by molar-refractivity contribution is -0.161. The second-order valence-corrected chi connectivity index (χ2v) is 7.83. The van der Waals surface area contributed by atoms with Crippen molar-refractivity contribution in [2.24, 2.45) is 0 Å². The molecule has 0 aromatic heterocycles. The molecular formula is C29H34O4. The summed E-state index contributed by atoms with van der Waals surface area (Å²) in [5.74, 6) is -0.0348. The van der Waals surface area contributed by atoms with Gasteiger partial charge in [0.15, 0.2) is 5.78 Å². The van der Waals surface area contributed by atoms with Gasteiger partial charge >= 0.3 is 0 Å². The lowest BCUT2D eigenvalue weighted by Crippen LogP contribution is -2.33. The van der Waals surface area contributed by atoms with Gasteiger partial charge in [0.1, 0.15) is 0 Å². The Morgan fingerprint density at radius 2 is 0.939 bits per heavy atom. The van der Waals surface area contributed by atoms with Crippen molar-refractivity contribution in [1.29, 1.82) is 0 Å². The molecule has 0 aliphatic heterocycles. The van der Waals surface area contributed by atoms with Gasteiger partial charge in [-0.1, -0.05) is 105 Å². The van der Waals surface area contributed by atoms with E-state index in [1.54, 1.807) is 12.1 Å². The summed E-state index contributed by atoms with van der Waals surface area (Å²) in [6, 6.07) is 27.8. The molecule has 0 heterocycles. The maximum Gasteiger partial charge on any atom is 0.223 e. The highest BCUT2D eigenvalue weighted by Crippen LogP contribution is 2.14. The molecule has 0 saturated carbocycles. The van der Waals surface area contributed by atoms with Crippen LogP contribution in [0.2, 0.25) is 0 Å². The normalized spacial score (nSPS) is 13.2. The van der Waals surface area contributed by atoms with Crippen LogP contribution in [0.5, 0.6) is 0 Å². The minimum Gasteiger partial charge on any atom is -0.343 e. The molecule has 2 unspecified atom stereocenters. The Balaban J connectivity index is 0.000000243. The van der Waals surface area contributed by atoms with Gasteiger partial charge < -0.3 is 9.47 Å². The predicted molar refractivity (Wildman–Crippen MR) is 133 cm³/mol. The molecule has 0 radical (unpaired) electrons. The van der Waals surface area contributed by atoms with Crippen molar-refractivity contribution in [3.63, 3.8) is 0 Å². The van der Waals surface area contributed by atoms with Crippen molar-refractivity contribution in [3.05, 3.63) is 108 Å². The first-order valence-corrected chi connectivity index (χ1v) is 11.5. The van der Waals surface area contributed by atoms with E-state index in [4.69, 9.17) is 9.47 Å². The third kappa shape index (κ3) is 8.76. The van der Waals surface area contributed by atoms with Crippen LogP contribution in [0.1, 0.15) is 66.8 Å². The summed E-state index contributed by atoms with van der Waals surface area (Å²) in [7, 11) is 0. The molecular weight excluding hydrogens is 412 g/mol. The lowest BCUT2D eigenvalue weighted by atomic mass is 10.0. The van der Waals surface area contributed by atoms with Crippen LogP contribution in [0.15, 0.2) is 91.0 Å². The minimum absolute atomic E-state index is 0.00159. The molecule has 0 spiro atoms. The quantitative estimate of drug-likeness (QED) is 0.255. The van der Waals surface area contributed by atoms with E-state index in [9.17, 15) is 9.59 Å². The molecule has 0 N–H and O–H groups in total. The van der Waals surface area contributed by atoms with E-state index < -0.39 is 6.29 Å². The van der Waals surface area contributed by atoms with Gasteiger partial charge in [0.05, 0.1) is 12.2 Å². The number of Topliss-reactive ketones (excluding diaryl/α,β-unsaturated/α-hetero) is 1. The zero-order valence-corrected chi connectivity index (χ0v) is 19.9. The van der Waals surface area contributed by atoms with Crippen molar-refractivity contribution in [1.82, 2.24) is 0 Å². The maximum absolute atomic E-state index is 12.4. The van der Waals surface area contributed by atoms with Gasteiger partial charge in [0.25, 0.3) is 0 Å². The summed E-state index contributed by atoms with van der Waals surface area (Å²) >= 11 is 0. The maximum atomic E-state index is 12.4. The molecule has 2 atom stereocenters. The highest BCUT2D eigenvalue weighted by molar-refractivity contribution is 6.08. The van der Waals surface area contributed by atoms with Gasteiger partial charge in [-0.15, -0.1) is 0 Å². The van der Waals surface area contributed by atoms with E-state index in [-0.39, 0.29) is 23.8 Å². The van der Waals surface area contributed by atoms with Gasteiger partial charge in [-0.2, -0.15) is 0 Å². The molecule has 3 rings (SSSR count). The second-order valence-electron chi connectivity index (χ2n) is 7.83. The Labute approximate surface area is 197 Å². The molecule has 0 aliphatic carbocycles. The standard InChI is InChI=1S/C16H24O3.C13H10O/c1-5-12(3)18-16(19-13(4)6-2)15(17)14-10-8-7-9-11-14;14-13(11-7-3-1-4-8-11)12-9-5-2-6-10-12/h7-13,16H,5-6H2,1-4H3;1-10H. The first kappa shape index (κ1) is 26.2. The summed E-state index contributed by atoms with van der Waals surface area (Å²) in [4.78, 5) is 24.2. The second kappa shape index (κ2) is 14.1. The Bertz CT molecular complexity index is 901. The van der Waals surface area contributed by atoms with Crippen molar-refractivity contribution >= 4 is 11.6 Å². The Kier molecular flexibility index (Phi) is 11.2. The third-order valence-electron chi connectivity index (χ3n) is 5.21. The van der Waals surface area contributed by atoms with E-state index >= 15 is 0 Å². The van der Waals surface area contributed by atoms with Crippen LogP contribution in [0.4, 0.5) is 0 Å². The molecule has 0 bridgehead atoms. The number of hydrogen-bond donors (Lipinski definition) is 0. The lowest BCUT2D eigenvalue weighted by Gasteiger charge is -2.24. The zero-order valence-electron chi connectivity index (χ0n) is 19.9. The fourth-order valence-electron chi connectivity index (χ4n) is 2.85. The number of rotatable bonds is 10. The molecule has 0 aliphatic rings. The summed E-state index contributed by atoms with van der Waals surface area (Å²) in [6.45, 7) is 7.95. The number of ether oxygens (including phenoxy) is 2. The molecule has 33 heavy (non-hydrogen) atoms. The monoisotopic (exact) mass is 446 g/mol. The first-order valence-electron chi connectivity index (χ1n) is 11.5. The number of hydrogen-bond acceptors (Lipinski definition) is 4. The Morgan fingerprint density at radius 3 is 1.27 bits per heavy atom. The van der Waals surface area contributed by atoms with Gasteiger partial charge in [-0.3, -0.25) is 9.59 Å². The van der Waals surface area contributed by atoms with Gasteiger partial charge in [-0.25, -0.2) is 0 Å². The van der Waals surface area contributed by atoms with E-state index in [0.29, 0.717) is 5.56 Å². The molecule has 4 heteroatoms. The van der Waals surface area contributed by atoms with Crippen molar-refractivity contribution < 1.29 is 19.1 Å². The fourth-order valence-corrected chi connectivity index (χ4v) is 2.85. The van der Waals surface area contributed by atoms with E-state index in [2.05, 4.69) is 0 Å². The van der Waals surface area contributed by atoms with E-state index in [0.717, 1.165) is 24.0 Å². The Morgan fingerprint density at radius 1 is 0.606 bits per heavy atom. The van der Waals surface area contributed by atoms with Crippen LogP contribution in [-0.4, -0.2) is 30.1 Å².